The molecule has 4 nitrogen and oxygen atoms in total. The molecule has 0 aliphatic heterocycles. The van der Waals surface area contributed by atoms with Crippen LogP contribution in [0.5, 0.6) is 0 Å². The molecule has 0 saturated heterocycles. The lowest BCUT2D eigenvalue weighted by atomic mass is 10.4. The quantitative estimate of drug-likeness (QED) is 0.806. The van der Waals surface area contributed by atoms with Crippen LogP contribution in [0.25, 0.3) is 0 Å². The number of nitrogens with one attached hydrogen (secondary N) is 1. The van der Waals surface area contributed by atoms with Gasteiger partial charge in [-0.15, -0.1) is 0 Å². The second-order valence-corrected chi connectivity index (χ2v) is 3.04. The van der Waals surface area contributed by atoms with Gasteiger partial charge in [-0.3, -0.25) is 4.79 Å². The zero-order valence-corrected chi connectivity index (χ0v) is 8.22. The van der Waals surface area contributed by atoms with Gasteiger partial charge in [0.25, 0.3) is 0 Å². The molecule has 0 aliphatic rings. The molecule has 15 heavy (non-hydrogen) atoms. The van der Waals surface area contributed by atoms with Crippen LogP contribution in [0.15, 0.2) is 6.20 Å². The maximum atomic E-state index is 11.8. The molecule has 1 rings (SSSR count). The van der Waals surface area contributed by atoms with E-state index in [0.29, 0.717) is 11.5 Å². The SMILES string of the molecule is Cc1ncc(CNC(=O)C(F)(F)F)n1C. The van der Waals surface area contributed by atoms with E-state index in [9.17, 15) is 18.0 Å². The van der Waals surface area contributed by atoms with Gasteiger partial charge in [-0.1, -0.05) is 0 Å². The van der Waals surface area contributed by atoms with E-state index in [4.69, 9.17) is 0 Å². The Morgan fingerprint density at radius 1 is 1.60 bits per heavy atom. The summed E-state index contributed by atoms with van der Waals surface area (Å²) in [5, 5.41) is 1.77. The Bertz CT molecular complexity index is 370. The number of hydrogen-bond donors (Lipinski definition) is 1. The van der Waals surface area contributed by atoms with E-state index >= 15 is 0 Å². The molecule has 0 saturated carbocycles. The van der Waals surface area contributed by atoms with Gasteiger partial charge in [-0.2, -0.15) is 13.2 Å². The van der Waals surface area contributed by atoms with Crippen molar-refractivity contribution in [2.45, 2.75) is 19.6 Å². The van der Waals surface area contributed by atoms with E-state index in [0.717, 1.165) is 0 Å². The maximum absolute atomic E-state index is 11.8. The Morgan fingerprint density at radius 3 is 2.60 bits per heavy atom. The molecule has 1 N–H and O–H groups in total. The smallest absolute Gasteiger partial charge is 0.343 e. The lowest BCUT2D eigenvalue weighted by molar-refractivity contribution is -0.173. The number of imidazole rings is 1. The fourth-order valence-corrected chi connectivity index (χ4v) is 0.984. The first-order chi connectivity index (χ1) is 6.82. The summed E-state index contributed by atoms with van der Waals surface area (Å²) in [6, 6.07) is 0. The van der Waals surface area contributed by atoms with Crippen molar-refractivity contribution in [3.05, 3.63) is 17.7 Å². The van der Waals surface area contributed by atoms with Crippen molar-refractivity contribution in [2.75, 3.05) is 0 Å². The summed E-state index contributed by atoms with van der Waals surface area (Å²) in [6.45, 7) is 1.53. The average molecular weight is 221 g/mol. The molecular formula is C8H10F3N3O. The third-order valence-electron chi connectivity index (χ3n) is 2.00. The first kappa shape index (κ1) is 11.5. The van der Waals surface area contributed by atoms with Gasteiger partial charge in [0.2, 0.25) is 0 Å². The highest BCUT2D eigenvalue weighted by Crippen LogP contribution is 2.14. The summed E-state index contributed by atoms with van der Waals surface area (Å²) in [5.74, 6) is -1.27. The maximum Gasteiger partial charge on any atom is 0.471 e. The van der Waals surface area contributed by atoms with E-state index < -0.39 is 12.1 Å². The molecule has 1 amide bonds. The highest BCUT2D eigenvalue weighted by atomic mass is 19.4. The number of carbonyl (C=O) groups excluding carboxylic acids is 1. The minimum absolute atomic E-state index is 0.185. The van der Waals surface area contributed by atoms with Crippen molar-refractivity contribution in [3.8, 4) is 0 Å². The number of aryl methyl sites for hydroxylation is 1. The van der Waals surface area contributed by atoms with Crippen LogP contribution in [0.2, 0.25) is 0 Å². The Balaban J connectivity index is 2.59. The lowest BCUT2D eigenvalue weighted by Gasteiger charge is -2.08. The molecule has 0 spiro atoms. The normalized spacial score (nSPS) is 11.5. The molecule has 84 valence electrons. The summed E-state index contributed by atoms with van der Waals surface area (Å²) in [7, 11) is 1.66. The Labute approximate surface area is 84.1 Å². The van der Waals surface area contributed by atoms with Crippen LogP contribution in [-0.2, 0) is 18.4 Å². The standard InChI is InChI=1S/C8H10F3N3O/c1-5-12-3-6(14(5)2)4-13-7(15)8(9,10)11/h3H,4H2,1-2H3,(H,13,15). The first-order valence-corrected chi connectivity index (χ1v) is 4.14. The second-order valence-electron chi connectivity index (χ2n) is 3.04. The minimum Gasteiger partial charge on any atom is -0.343 e. The lowest BCUT2D eigenvalue weighted by Crippen LogP contribution is -2.36. The predicted octanol–water partition coefficient (Wildman–Crippen LogP) is 0.907. The molecule has 0 aliphatic carbocycles. The zero-order chi connectivity index (χ0) is 11.6. The highest BCUT2D eigenvalue weighted by molar-refractivity contribution is 5.81. The van der Waals surface area contributed by atoms with E-state index in [-0.39, 0.29) is 6.54 Å². The van der Waals surface area contributed by atoms with Gasteiger partial charge < -0.3 is 9.88 Å². The Kier molecular flexibility index (Phi) is 3.01. The predicted molar refractivity (Wildman–Crippen MR) is 45.8 cm³/mol. The first-order valence-electron chi connectivity index (χ1n) is 4.14. The number of amides is 1. The van der Waals surface area contributed by atoms with Crippen molar-refractivity contribution < 1.29 is 18.0 Å². The molecule has 1 heterocycles. The number of hydrogen-bond acceptors (Lipinski definition) is 2. The van der Waals surface area contributed by atoms with Crippen molar-refractivity contribution in [1.29, 1.82) is 0 Å². The minimum atomic E-state index is -4.84. The molecule has 0 atom stereocenters. The highest BCUT2D eigenvalue weighted by Gasteiger charge is 2.38. The van der Waals surface area contributed by atoms with Gasteiger partial charge in [0.15, 0.2) is 0 Å². The Hall–Kier alpha value is -1.53. The molecule has 0 fully saturated rings. The molecule has 1 aromatic rings. The molecule has 0 unspecified atom stereocenters. The largest absolute Gasteiger partial charge is 0.471 e. The van der Waals surface area contributed by atoms with Crippen molar-refractivity contribution in [1.82, 2.24) is 14.9 Å². The monoisotopic (exact) mass is 221 g/mol. The zero-order valence-electron chi connectivity index (χ0n) is 8.22. The second kappa shape index (κ2) is 3.92. The molecule has 0 bridgehead atoms. The third-order valence-corrected chi connectivity index (χ3v) is 2.00. The topological polar surface area (TPSA) is 46.9 Å². The van der Waals surface area contributed by atoms with Crippen LogP contribution in [0.3, 0.4) is 0 Å². The summed E-state index contributed by atoms with van der Waals surface area (Å²) >= 11 is 0. The molecule has 0 aromatic carbocycles. The van der Waals surface area contributed by atoms with Crippen LogP contribution >= 0.6 is 0 Å². The van der Waals surface area contributed by atoms with Gasteiger partial charge in [0.05, 0.1) is 18.4 Å². The van der Waals surface area contributed by atoms with Crippen LogP contribution in [0, 0.1) is 6.92 Å². The molecule has 7 heteroatoms. The number of rotatable bonds is 2. The average Bonchev–Trinajstić information content (AvgIpc) is 2.43. The van der Waals surface area contributed by atoms with E-state index in [1.165, 1.54) is 6.20 Å². The summed E-state index contributed by atoms with van der Waals surface area (Å²) < 4.78 is 37.1. The third kappa shape index (κ3) is 2.71. The summed E-state index contributed by atoms with van der Waals surface area (Å²) in [5.41, 5.74) is 0.519. The van der Waals surface area contributed by atoms with Gasteiger partial charge in [0.1, 0.15) is 5.82 Å². The van der Waals surface area contributed by atoms with Gasteiger partial charge >= 0.3 is 12.1 Å². The molecule has 1 aromatic heterocycles. The van der Waals surface area contributed by atoms with Crippen molar-refractivity contribution >= 4 is 5.91 Å². The molecular weight excluding hydrogens is 211 g/mol. The fourth-order valence-electron chi connectivity index (χ4n) is 0.984. The van der Waals surface area contributed by atoms with E-state index in [1.54, 1.807) is 23.9 Å². The van der Waals surface area contributed by atoms with Gasteiger partial charge in [0, 0.05) is 7.05 Å². The number of halogens is 3. The van der Waals surface area contributed by atoms with Gasteiger partial charge in [-0.25, -0.2) is 4.98 Å². The van der Waals surface area contributed by atoms with Crippen LogP contribution < -0.4 is 5.32 Å². The van der Waals surface area contributed by atoms with Crippen molar-refractivity contribution in [3.63, 3.8) is 0 Å². The molecule has 0 radical (unpaired) electrons. The summed E-state index contributed by atoms with van der Waals surface area (Å²) in [4.78, 5) is 14.4. The number of alkyl halides is 3. The summed E-state index contributed by atoms with van der Waals surface area (Å²) in [6.07, 6.45) is -3.42. The number of nitrogens with zero attached hydrogens (tertiary/aromatic N) is 2. The van der Waals surface area contributed by atoms with Crippen LogP contribution in [0.1, 0.15) is 11.5 Å². The fraction of sp³-hybridized carbons (Fsp3) is 0.500. The van der Waals surface area contributed by atoms with E-state index in [2.05, 4.69) is 4.98 Å². The van der Waals surface area contributed by atoms with Gasteiger partial charge in [-0.05, 0) is 6.92 Å². The van der Waals surface area contributed by atoms with Crippen LogP contribution in [0.4, 0.5) is 13.2 Å². The Morgan fingerprint density at radius 2 is 2.20 bits per heavy atom. The van der Waals surface area contributed by atoms with Crippen molar-refractivity contribution in [2.24, 2.45) is 7.05 Å². The van der Waals surface area contributed by atoms with Crippen LogP contribution in [-0.4, -0.2) is 21.6 Å². The number of carbonyl (C=O) groups is 1. The number of aromatic nitrogens is 2. The van der Waals surface area contributed by atoms with E-state index in [1.807, 2.05) is 0 Å².